The van der Waals surface area contributed by atoms with Crippen LogP contribution in [-0.4, -0.2) is 25.0 Å². The molecule has 0 bridgehead atoms. The number of ether oxygens (including phenoxy) is 1. The Hall–Kier alpha value is 0.0869. The first-order valence-corrected chi connectivity index (χ1v) is 12.7. The van der Waals surface area contributed by atoms with Crippen molar-refractivity contribution in [2.45, 2.75) is 77.3 Å². The highest BCUT2D eigenvalue weighted by atomic mass is 127. The van der Waals surface area contributed by atoms with Gasteiger partial charge in [0.25, 0.3) is 0 Å². The van der Waals surface area contributed by atoms with E-state index < -0.39 is 8.32 Å². The van der Waals surface area contributed by atoms with Crippen LogP contribution in [0.5, 0.6) is 0 Å². The SMILES string of the molecule is CC(C)[Si](OCC(C)(CI)OCc1ccccc1)(C(C)C)C(C)C. The minimum absolute atomic E-state index is 0.243. The fourth-order valence-electron chi connectivity index (χ4n) is 3.73. The topological polar surface area (TPSA) is 18.5 Å². The van der Waals surface area contributed by atoms with E-state index in [-0.39, 0.29) is 5.60 Å². The van der Waals surface area contributed by atoms with Gasteiger partial charge in [0.1, 0.15) is 0 Å². The molecule has 4 heteroatoms. The van der Waals surface area contributed by atoms with E-state index in [9.17, 15) is 0 Å². The van der Waals surface area contributed by atoms with Gasteiger partial charge in [-0.25, -0.2) is 0 Å². The predicted molar refractivity (Wildman–Crippen MR) is 116 cm³/mol. The van der Waals surface area contributed by atoms with Crippen molar-refractivity contribution >= 4 is 30.9 Å². The average molecular weight is 462 g/mol. The average Bonchev–Trinajstić information content (AvgIpc) is 2.53. The third kappa shape index (κ3) is 5.54. The second-order valence-corrected chi connectivity index (χ2v) is 14.2. The van der Waals surface area contributed by atoms with E-state index in [1.54, 1.807) is 0 Å². The van der Waals surface area contributed by atoms with Crippen LogP contribution in [0.4, 0.5) is 0 Å². The van der Waals surface area contributed by atoms with E-state index in [1.165, 1.54) is 5.56 Å². The molecule has 0 radical (unpaired) electrons. The van der Waals surface area contributed by atoms with Crippen molar-refractivity contribution in [1.29, 1.82) is 0 Å². The molecule has 0 saturated heterocycles. The molecule has 138 valence electrons. The zero-order chi connectivity index (χ0) is 18.4. The molecule has 0 amide bonds. The summed E-state index contributed by atoms with van der Waals surface area (Å²) in [6.45, 7) is 17.5. The van der Waals surface area contributed by atoms with E-state index >= 15 is 0 Å². The summed E-state index contributed by atoms with van der Waals surface area (Å²) < 4.78 is 14.0. The van der Waals surface area contributed by atoms with Crippen molar-refractivity contribution in [2.24, 2.45) is 0 Å². The van der Waals surface area contributed by atoms with Gasteiger partial charge in [-0.2, -0.15) is 0 Å². The number of halogens is 1. The molecule has 24 heavy (non-hydrogen) atoms. The molecule has 0 aliphatic heterocycles. The Morgan fingerprint density at radius 1 is 0.958 bits per heavy atom. The van der Waals surface area contributed by atoms with Crippen LogP contribution in [0.3, 0.4) is 0 Å². The summed E-state index contributed by atoms with van der Waals surface area (Å²) in [5, 5.41) is 0. The van der Waals surface area contributed by atoms with Crippen LogP contribution in [0.15, 0.2) is 30.3 Å². The quantitative estimate of drug-likeness (QED) is 0.222. The van der Waals surface area contributed by atoms with E-state index in [1.807, 2.05) is 6.07 Å². The normalized spacial score (nSPS) is 15.3. The second-order valence-electron chi connectivity index (χ2n) is 7.96. The Balaban J connectivity index is 2.81. The molecule has 0 aliphatic carbocycles. The number of hydrogen-bond donors (Lipinski definition) is 0. The van der Waals surface area contributed by atoms with Crippen molar-refractivity contribution in [3.05, 3.63) is 35.9 Å². The summed E-state index contributed by atoms with van der Waals surface area (Å²) in [6.07, 6.45) is 0. The lowest BCUT2D eigenvalue weighted by molar-refractivity contribution is -0.0551. The second kappa shape index (κ2) is 9.69. The fourth-order valence-corrected chi connectivity index (χ4v) is 9.72. The van der Waals surface area contributed by atoms with Crippen LogP contribution in [0.25, 0.3) is 0 Å². The Labute approximate surface area is 164 Å². The number of benzene rings is 1. The minimum atomic E-state index is -1.85. The zero-order valence-electron chi connectivity index (χ0n) is 16.4. The van der Waals surface area contributed by atoms with Gasteiger partial charge in [0.15, 0.2) is 8.32 Å². The lowest BCUT2D eigenvalue weighted by Crippen LogP contribution is -2.51. The van der Waals surface area contributed by atoms with Crippen LogP contribution < -0.4 is 0 Å². The van der Waals surface area contributed by atoms with Crippen molar-refractivity contribution in [3.63, 3.8) is 0 Å². The third-order valence-electron chi connectivity index (χ3n) is 5.05. The van der Waals surface area contributed by atoms with Crippen LogP contribution >= 0.6 is 22.6 Å². The monoisotopic (exact) mass is 462 g/mol. The Morgan fingerprint density at radius 3 is 1.88 bits per heavy atom. The van der Waals surface area contributed by atoms with Gasteiger partial charge in [-0.1, -0.05) is 94.5 Å². The van der Waals surface area contributed by atoms with Gasteiger partial charge in [0.2, 0.25) is 0 Å². The van der Waals surface area contributed by atoms with Crippen molar-refractivity contribution < 1.29 is 9.16 Å². The van der Waals surface area contributed by atoms with Gasteiger partial charge in [0.05, 0.1) is 18.8 Å². The Kier molecular flexibility index (Phi) is 8.94. The molecular formula is C20H35IO2Si. The summed E-state index contributed by atoms with van der Waals surface area (Å²) in [6, 6.07) is 10.4. The number of alkyl halides is 1. The van der Waals surface area contributed by atoms with E-state index in [4.69, 9.17) is 9.16 Å². The maximum Gasteiger partial charge on any atom is 0.200 e. The molecule has 1 unspecified atom stereocenters. The first-order valence-electron chi connectivity index (χ1n) is 9.05. The molecule has 0 heterocycles. The first kappa shape index (κ1) is 22.1. The molecule has 0 aliphatic rings. The zero-order valence-corrected chi connectivity index (χ0v) is 19.6. The summed E-state index contributed by atoms with van der Waals surface area (Å²) in [7, 11) is -1.85. The summed E-state index contributed by atoms with van der Waals surface area (Å²) in [4.78, 5) is 0. The maximum absolute atomic E-state index is 6.77. The molecular weight excluding hydrogens is 427 g/mol. The fraction of sp³-hybridized carbons (Fsp3) is 0.700. The summed E-state index contributed by atoms with van der Waals surface area (Å²) in [5.41, 5.74) is 2.78. The molecule has 1 aromatic rings. The smallest absolute Gasteiger partial charge is 0.200 e. The Bertz CT molecular complexity index is 454. The Morgan fingerprint density at radius 2 is 1.46 bits per heavy atom. The first-order chi connectivity index (χ1) is 11.2. The minimum Gasteiger partial charge on any atom is -0.413 e. The van der Waals surface area contributed by atoms with Crippen LogP contribution in [0, 0.1) is 0 Å². The van der Waals surface area contributed by atoms with Crippen molar-refractivity contribution in [2.75, 3.05) is 11.0 Å². The van der Waals surface area contributed by atoms with Crippen LogP contribution in [-0.2, 0) is 15.8 Å². The highest BCUT2D eigenvalue weighted by molar-refractivity contribution is 14.1. The molecule has 0 spiro atoms. The van der Waals surface area contributed by atoms with Gasteiger partial charge in [0, 0.05) is 4.43 Å². The maximum atomic E-state index is 6.77. The van der Waals surface area contributed by atoms with Crippen molar-refractivity contribution in [1.82, 2.24) is 0 Å². The van der Waals surface area contributed by atoms with Gasteiger partial charge in [-0.3, -0.25) is 0 Å². The molecule has 1 aromatic carbocycles. The largest absolute Gasteiger partial charge is 0.413 e. The van der Waals surface area contributed by atoms with Crippen LogP contribution in [0.2, 0.25) is 16.6 Å². The van der Waals surface area contributed by atoms with Crippen LogP contribution in [0.1, 0.15) is 54.0 Å². The third-order valence-corrected chi connectivity index (χ3v) is 12.7. The summed E-state index contributed by atoms with van der Waals surface area (Å²) >= 11 is 2.42. The number of rotatable bonds is 10. The van der Waals surface area contributed by atoms with E-state index in [0.717, 1.165) is 4.43 Å². The summed E-state index contributed by atoms with van der Waals surface area (Å²) in [5.74, 6) is 0. The molecule has 2 nitrogen and oxygen atoms in total. The standard InChI is InChI=1S/C20H35IO2Si/c1-16(2)24(17(3)4,18(5)6)23-15-20(7,14-21)22-13-19-11-9-8-10-12-19/h8-12,16-18H,13-15H2,1-7H3. The number of hydrogen-bond acceptors (Lipinski definition) is 2. The molecule has 1 rings (SSSR count). The van der Waals surface area contributed by atoms with Gasteiger partial charge in [-0.05, 0) is 29.1 Å². The highest BCUT2D eigenvalue weighted by Crippen LogP contribution is 2.42. The van der Waals surface area contributed by atoms with E-state index in [0.29, 0.717) is 29.8 Å². The van der Waals surface area contributed by atoms with E-state index in [2.05, 4.69) is 95.3 Å². The highest BCUT2D eigenvalue weighted by Gasteiger charge is 2.46. The molecule has 0 saturated carbocycles. The molecule has 1 atom stereocenters. The van der Waals surface area contributed by atoms with Gasteiger partial charge >= 0.3 is 0 Å². The van der Waals surface area contributed by atoms with Crippen molar-refractivity contribution in [3.8, 4) is 0 Å². The molecule has 0 fully saturated rings. The predicted octanol–water partition coefficient (Wildman–Crippen LogP) is 6.59. The van der Waals surface area contributed by atoms with Gasteiger partial charge < -0.3 is 9.16 Å². The molecule has 0 N–H and O–H groups in total. The molecule has 0 aromatic heterocycles. The lowest BCUT2D eigenvalue weighted by atomic mass is 10.1. The van der Waals surface area contributed by atoms with Gasteiger partial charge in [-0.15, -0.1) is 0 Å². The lowest BCUT2D eigenvalue weighted by Gasteiger charge is -2.44.